The third kappa shape index (κ3) is 1.77. The molecule has 0 heterocycles. The molecule has 2 fully saturated rings. The van der Waals surface area contributed by atoms with E-state index in [1.165, 1.54) is 30.2 Å². The summed E-state index contributed by atoms with van der Waals surface area (Å²) < 4.78 is 0. The van der Waals surface area contributed by atoms with Crippen LogP contribution in [0.5, 0.6) is 0 Å². The van der Waals surface area contributed by atoms with Crippen LogP contribution in [0.4, 0.5) is 0 Å². The number of nitrogens with zero attached hydrogens (tertiary/aromatic N) is 2. The van der Waals surface area contributed by atoms with Crippen LogP contribution in [-0.2, 0) is 0 Å². The third-order valence-corrected chi connectivity index (χ3v) is 6.65. The molecule has 0 unspecified atom stereocenters. The van der Waals surface area contributed by atoms with Crippen LogP contribution in [0.25, 0.3) is 0 Å². The van der Waals surface area contributed by atoms with Crippen molar-refractivity contribution in [2.24, 2.45) is 34.2 Å². The Bertz CT molecular complexity index is 640. The Balaban J connectivity index is 1.70. The normalized spacial score (nSPS) is 46.3. The first-order valence-corrected chi connectivity index (χ1v) is 8.31. The van der Waals surface area contributed by atoms with Crippen molar-refractivity contribution in [3.63, 3.8) is 0 Å². The second kappa shape index (κ2) is 4.87. The molecule has 0 aliphatic heterocycles. The van der Waals surface area contributed by atoms with E-state index in [0.717, 1.165) is 12.8 Å². The molecule has 0 amide bonds. The summed E-state index contributed by atoms with van der Waals surface area (Å²) in [5.74, 6) is 11.3. The Kier molecular flexibility index (Phi) is 3.07. The summed E-state index contributed by atoms with van der Waals surface area (Å²) in [7, 11) is 0. The van der Waals surface area contributed by atoms with Crippen molar-refractivity contribution in [2.75, 3.05) is 0 Å². The molecule has 1 N–H and O–H groups in total. The van der Waals surface area contributed by atoms with Gasteiger partial charge in [-0.25, -0.2) is 0 Å². The Morgan fingerprint density at radius 3 is 2.95 bits per heavy atom. The van der Waals surface area contributed by atoms with Gasteiger partial charge in [0.25, 0.3) is 0 Å². The molecule has 3 nitrogen and oxygen atoms in total. The molecule has 2 saturated carbocycles. The summed E-state index contributed by atoms with van der Waals surface area (Å²) in [5, 5.41) is 12.9. The molecule has 3 heteroatoms. The van der Waals surface area contributed by atoms with E-state index in [9.17, 15) is 5.11 Å². The van der Waals surface area contributed by atoms with Gasteiger partial charge in [-0.2, -0.15) is 0 Å². The lowest BCUT2D eigenvalue weighted by Gasteiger charge is -2.50. The van der Waals surface area contributed by atoms with Gasteiger partial charge in [0.2, 0.25) is 0 Å². The smallest absolute Gasteiger partial charge is 0.0875 e. The van der Waals surface area contributed by atoms with Crippen molar-refractivity contribution in [1.82, 2.24) is 5.84 Å². The first kappa shape index (κ1) is 13.9. The predicted octanol–water partition coefficient (Wildman–Crippen LogP) is 3.98. The Morgan fingerprint density at radius 1 is 1.32 bits per heavy atom. The van der Waals surface area contributed by atoms with E-state index in [4.69, 9.17) is 5.84 Å². The van der Waals surface area contributed by atoms with Crippen molar-refractivity contribution >= 4 is 5.71 Å². The monoisotopic (exact) mass is 294 g/mol. The van der Waals surface area contributed by atoms with E-state index in [1.54, 1.807) is 0 Å². The molecule has 0 aromatic heterocycles. The lowest BCUT2D eigenvalue weighted by atomic mass is 9.54. The van der Waals surface area contributed by atoms with Crippen LogP contribution in [0, 0.1) is 29.1 Å². The van der Waals surface area contributed by atoms with Gasteiger partial charge in [-0.3, -0.25) is 0 Å². The first-order chi connectivity index (χ1) is 10.7. The summed E-state index contributed by atoms with van der Waals surface area (Å²) in [5.41, 5.74) is 3.34. The topological polar surface area (TPSA) is 54.9 Å². The predicted molar refractivity (Wildman–Crippen MR) is 87.2 cm³/mol. The Hall–Kier alpha value is -1.77. The highest BCUT2D eigenvalue weighted by molar-refractivity contribution is 6.05. The average Bonchev–Trinajstić information content (AvgIpc) is 2.90. The standard InChI is InChI=1S/C19H22N2O/c1-19-9-8-16-15-6-4-14(21-20)10-12(15)2-5-17(16)18(19)7-3-13(19)11-22/h2,4-6,10-11,15-18,22H,3,7-9H2,1H3/t15-,16+,17+,18-,19+/m0/s1. The minimum absolute atomic E-state index is 0.178. The van der Waals surface area contributed by atoms with Gasteiger partial charge in [0, 0.05) is 5.92 Å². The highest BCUT2D eigenvalue weighted by Crippen LogP contribution is 2.61. The summed E-state index contributed by atoms with van der Waals surface area (Å²) in [6.45, 7) is 2.34. The zero-order valence-electron chi connectivity index (χ0n) is 12.9. The lowest BCUT2D eigenvalue weighted by molar-refractivity contribution is 0.0704. The highest BCUT2D eigenvalue weighted by atomic mass is 16.2. The third-order valence-electron chi connectivity index (χ3n) is 6.65. The molecule has 0 aromatic carbocycles. The van der Waals surface area contributed by atoms with E-state index in [2.05, 4.69) is 30.3 Å². The summed E-state index contributed by atoms with van der Waals surface area (Å²) >= 11 is 0. The molecule has 114 valence electrons. The Morgan fingerprint density at radius 2 is 2.18 bits per heavy atom. The average molecular weight is 294 g/mol. The molecule has 4 aliphatic carbocycles. The highest BCUT2D eigenvalue weighted by Gasteiger charge is 2.53. The van der Waals surface area contributed by atoms with Gasteiger partial charge in [-0.15, -0.1) is 5.10 Å². The number of aliphatic hydroxyl groups is 1. The minimum Gasteiger partial charge on any atom is -0.516 e. The lowest BCUT2D eigenvalue weighted by Crippen LogP contribution is -2.42. The zero-order valence-corrected chi connectivity index (χ0v) is 12.9. The van der Waals surface area contributed by atoms with Gasteiger partial charge in [0.05, 0.1) is 12.0 Å². The van der Waals surface area contributed by atoms with E-state index < -0.39 is 0 Å². The van der Waals surface area contributed by atoms with Crippen molar-refractivity contribution in [1.29, 1.82) is 0 Å². The molecule has 4 aliphatic rings. The van der Waals surface area contributed by atoms with Gasteiger partial charge in [-0.1, -0.05) is 25.2 Å². The van der Waals surface area contributed by atoms with E-state index in [-0.39, 0.29) is 5.41 Å². The fourth-order valence-corrected chi connectivity index (χ4v) is 5.44. The number of fused-ring (bicyclic) bond motifs is 5. The minimum atomic E-state index is 0.178. The van der Waals surface area contributed by atoms with E-state index >= 15 is 0 Å². The van der Waals surface area contributed by atoms with Crippen LogP contribution in [0.3, 0.4) is 0 Å². The van der Waals surface area contributed by atoms with Crippen LogP contribution in [-0.4, -0.2) is 10.8 Å². The molecular formula is C19H22N2O. The summed E-state index contributed by atoms with van der Waals surface area (Å²) in [6.07, 6.45) is 16.7. The molecule has 4 rings (SSSR count). The van der Waals surface area contributed by atoms with E-state index in [0.29, 0.717) is 29.4 Å². The maximum Gasteiger partial charge on any atom is 0.0875 e. The molecule has 0 aromatic rings. The van der Waals surface area contributed by atoms with Crippen LogP contribution >= 0.6 is 0 Å². The number of hydrogen-bond acceptors (Lipinski definition) is 2. The second-order valence-corrected chi connectivity index (χ2v) is 7.41. The van der Waals surface area contributed by atoms with Crippen molar-refractivity contribution in [3.05, 3.63) is 47.8 Å². The van der Waals surface area contributed by atoms with Crippen molar-refractivity contribution in [3.8, 4) is 0 Å². The summed E-state index contributed by atoms with van der Waals surface area (Å²) in [4.78, 5) is 0. The van der Waals surface area contributed by atoms with Crippen LogP contribution in [0.2, 0.25) is 0 Å². The zero-order chi connectivity index (χ0) is 15.3. The van der Waals surface area contributed by atoms with Gasteiger partial charge in [-0.05, 0) is 78.0 Å². The Labute approximate surface area is 132 Å². The second-order valence-electron chi connectivity index (χ2n) is 7.41. The molecule has 0 saturated heterocycles. The molecule has 0 bridgehead atoms. The SMILES string of the molecule is C[C@]12CC[C@H]3[C@@H](C=CC4=CC(=N[N])C=C[C@@H]43)[C@@H]1CCC2=CO. The number of allylic oxidation sites excluding steroid dienone is 7. The largest absolute Gasteiger partial charge is 0.516 e. The first-order valence-electron chi connectivity index (χ1n) is 8.31. The molecule has 2 radical (unpaired) electrons. The molecular weight excluding hydrogens is 272 g/mol. The van der Waals surface area contributed by atoms with Crippen LogP contribution in [0.1, 0.15) is 32.6 Å². The van der Waals surface area contributed by atoms with Crippen LogP contribution in [0.15, 0.2) is 52.9 Å². The summed E-state index contributed by atoms with van der Waals surface area (Å²) in [6, 6.07) is 0. The fraction of sp³-hybridized carbons (Fsp3) is 0.526. The maximum atomic E-state index is 9.57. The molecule has 22 heavy (non-hydrogen) atoms. The van der Waals surface area contributed by atoms with Gasteiger partial charge in [0.1, 0.15) is 0 Å². The van der Waals surface area contributed by atoms with Gasteiger partial charge >= 0.3 is 0 Å². The maximum absolute atomic E-state index is 9.57. The van der Waals surface area contributed by atoms with E-state index in [1.807, 2.05) is 12.2 Å². The molecule has 5 atom stereocenters. The van der Waals surface area contributed by atoms with Gasteiger partial charge in [0.15, 0.2) is 0 Å². The number of aliphatic hydroxyl groups excluding tert-OH is 1. The number of rotatable bonds is 0. The molecule has 0 spiro atoms. The number of hydrogen-bond donors (Lipinski definition) is 1. The quantitative estimate of drug-likeness (QED) is 0.533. The van der Waals surface area contributed by atoms with Crippen molar-refractivity contribution in [2.45, 2.75) is 32.6 Å². The van der Waals surface area contributed by atoms with Crippen molar-refractivity contribution < 1.29 is 5.11 Å². The van der Waals surface area contributed by atoms with Crippen LogP contribution < -0.4 is 5.84 Å². The fourth-order valence-electron chi connectivity index (χ4n) is 5.44. The van der Waals surface area contributed by atoms with Gasteiger partial charge < -0.3 is 5.11 Å².